The van der Waals surface area contributed by atoms with Crippen molar-refractivity contribution in [3.05, 3.63) is 6.20 Å². The third kappa shape index (κ3) is 2.05. The van der Waals surface area contributed by atoms with Crippen LogP contribution in [0.4, 0.5) is 11.8 Å². The van der Waals surface area contributed by atoms with Gasteiger partial charge in [0, 0.05) is 13.3 Å². The molecule has 1 aromatic rings. The molecule has 0 aliphatic heterocycles. The first-order valence-electron chi connectivity index (χ1n) is 3.45. The molecule has 0 atom stereocenters. The standard InChI is InChI=1S/C6H10N4O2S/c1-8-6-9-3-4(5(7)10-6)13(2,11)12/h3H,1-2H3,(H3,7,8,9,10). The van der Waals surface area contributed by atoms with Gasteiger partial charge in [0.25, 0.3) is 0 Å². The van der Waals surface area contributed by atoms with E-state index < -0.39 is 9.84 Å². The van der Waals surface area contributed by atoms with Crippen molar-refractivity contribution < 1.29 is 8.42 Å². The third-order valence-electron chi connectivity index (χ3n) is 1.41. The molecule has 3 N–H and O–H groups in total. The van der Waals surface area contributed by atoms with Gasteiger partial charge in [-0.1, -0.05) is 0 Å². The summed E-state index contributed by atoms with van der Waals surface area (Å²) in [6, 6.07) is 0. The average molecular weight is 202 g/mol. The predicted molar refractivity (Wildman–Crippen MR) is 49.1 cm³/mol. The molecular weight excluding hydrogens is 192 g/mol. The number of nitrogen functional groups attached to an aromatic ring is 1. The first kappa shape index (κ1) is 9.72. The van der Waals surface area contributed by atoms with Crippen molar-refractivity contribution in [3.63, 3.8) is 0 Å². The van der Waals surface area contributed by atoms with Gasteiger partial charge in [0.05, 0.1) is 6.20 Å². The SMILES string of the molecule is CNc1ncc(S(C)(=O)=O)c(N)n1. The van der Waals surface area contributed by atoms with Crippen LogP contribution in [-0.2, 0) is 9.84 Å². The fraction of sp³-hybridized carbons (Fsp3) is 0.333. The highest BCUT2D eigenvalue weighted by atomic mass is 32.2. The topological polar surface area (TPSA) is 98.0 Å². The summed E-state index contributed by atoms with van der Waals surface area (Å²) in [6.45, 7) is 0. The maximum Gasteiger partial charge on any atom is 0.224 e. The van der Waals surface area contributed by atoms with Crippen LogP contribution >= 0.6 is 0 Å². The summed E-state index contributed by atoms with van der Waals surface area (Å²) in [5, 5.41) is 2.65. The second-order valence-electron chi connectivity index (χ2n) is 2.47. The Morgan fingerprint density at radius 3 is 2.54 bits per heavy atom. The van der Waals surface area contributed by atoms with E-state index in [9.17, 15) is 8.42 Å². The number of hydrogen-bond donors (Lipinski definition) is 2. The molecule has 0 saturated carbocycles. The van der Waals surface area contributed by atoms with E-state index in [1.165, 1.54) is 6.20 Å². The molecule has 0 spiro atoms. The van der Waals surface area contributed by atoms with Crippen LogP contribution in [0.2, 0.25) is 0 Å². The second kappa shape index (κ2) is 3.17. The lowest BCUT2D eigenvalue weighted by molar-refractivity contribution is 0.601. The predicted octanol–water partition coefficient (Wildman–Crippen LogP) is -0.496. The van der Waals surface area contributed by atoms with Crippen molar-refractivity contribution in [2.45, 2.75) is 4.90 Å². The number of nitrogens with one attached hydrogen (secondary N) is 1. The molecule has 72 valence electrons. The van der Waals surface area contributed by atoms with Crippen LogP contribution in [0.3, 0.4) is 0 Å². The van der Waals surface area contributed by atoms with Crippen LogP contribution in [0, 0.1) is 0 Å². The Morgan fingerprint density at radius 1 is 1.54 bits per heavy atom. The summed E-state index contributed by atoms with van der Waals surface area (Å²) < 4.78 is 22.1. The van der Waals surface area contributed by atoms with Crippen LogP contribution in [0.15, 0.2) is 11.1 Å². The lowest BCUT2D eigenvalue weighted by atomic mass is 10.6. The highest BCUT2D eigenvalue weighted by Crippen LogP contribution is 2.15. The molecule has 7 heteroatoms. The second-order valence-corrected chi connectivity index (χ2v) is 4.45. The van der Waals surface area contributed by atoms with Crippen molar-refractivity contribution in [1.29, 1.82) is 0 Å². The summed E-state index contributed by atoms with van der Waals surface area (Å²) in [6.07, 6.45) is 2.24. The first-order chi connectivity index (χ1) is 5.95. The van der Waals surface area contributed by atoms with Gasteiger partial charge in [-0.15, -0.1) is 0 Å². The van der Waals surface area contributed by atoms with Crippen LogP contribution < -0.4 is 11.1 Å². The highest BCUT2D eigenvalue weighted by Gasteiger charge is 2.13. The Balaban J connectivity index is 3.29. The number of sulfone groups is 1. The van der Waals surface area contributed by atoms with Gasteiger partial charge in [-0.3, -0.25) is 0 Å². The van der Waals surface area contributed by atoms with Crippen LogP contribution in [0.1, 0.15) is 0 Å². The molecule has 0 unspecified atom stereocenters. The monoisotopic (exact) mass is 202 g/mol. The van der Waals surface area contributed by atoms with Gasteiger partial charge >= 0.3 is 0 Å². The van der Waals surface area contributed by atoms with E-state index >= 15 is 0 Å². The number of anilines is 2. The highest BCUT2D eigenvalue weighted by molar-refractivity contribution is 7.90. The summed E-state index contributed by atoms with van der Waals surface area (Å²) in [5.41, 5.74) is 5.41. The van der Waals surface area contributed by atoms with E-state index in [0.717, 1.165) is 6.26 Å². The van der Waals surface area contributed by atoms with Gasteiger partial charge in [-0.25, -0.2) is 13.4 Å². The van der Waals surface area contributed by atoms with Crippen LogP contribution in [-0.4, -0.2) is 31.7 Å². The maximum atomic E-state index is 11.1. The summed E-state index contributed by atoms with van der Waals surface area (Å²) >= 11 is 0. The molecule has 1 rings (SSSR count). The van der Waals surface area contributed by atoms with Crippen molar-refractivity contribution in [3.8, 4) is 0 Å². The van der Waals surface area contributed by atoms with Gasteiger partial charge in [-0.05, 0) is 0 Å². The Morgan fingerprint density at radius 2 is 2.15 bits per heavy atom. The molecule has 1 heterocycles. The molecule has 0 aliphatic rings. The minimum atomic E-state index is -3.34. The Labute approximate surface area is 76.1 Å². The zero-order chi connectivity index (χ0) is 10.1. The lowest BCUT2D eigenvalue weighted by Crippen LogP contribution is -2.07. The minimum Gasteiger partial charge on any atom is -0.382 e. The normalized spacial score (nSPS) is 11.2. The number of hydrogen-bond acceptors (Lipinski definition) is 6. The van der Waals surface area contributed by atoms with E-state index in [1.807, 2.05) is 0 Å². The van der Waals surface area contributed by atoms with E-state index in [1.54, 1.807) is 7.05 Å². The zero-order valence-electron chi connectivity index (χ0n) is 7.27. The Hall–Kier alpha value is -1.37. The Bertz CT molecular complexity index is 415. The summed E-state index contributed by atoms with van der Waals surface area (Å²) in [4.78, 5) is 7.43. The van der Waals surface area contributed by atoms with E-state index in [-0.39, 0.29) is 10.7 Å². The van der Waals surface area contributed by atoms with Gasteiger partial charge in [0.15, 0.2) is 9.84 Å². The van der Waals surface area contributed by atoms with Crippen molar-refractivity contribution in [1.82, 2.24) is 9.97 Å². The number of rotatable bonds is 2. The number of aromatic nitrogens is 2. The van der Waals surface area contributed by atoms with E-state index in [2.05, 4.69) is 15.3 Å². The minimum absolute atomic E-state index is 0.0400. The molecule has 1 aromatic heterocycles. The third-order valence-corrected chi connectivity index (χ3v) is 2.52. The number of nitrogens with two attached hydrogens (primary N) is 1. The van der Waals surface area contributed by atoms with Crippen molar-refractivity contribution >= 4 is 21.6 Å². The fourth-order valence-electron chi connectivity index (χ4n) is 0.790. The smallest absolute Gasteiger partial charge is 0.224 e. The zero-order valence-corrected chi connectivity index (χ0v) is 8.09. The molecule has 0 aromatic carbocycles. The quantitative estimate of drug-likeness (QED) is 0.671. The van der Waals surface area contributed by atoms with Gasteiger partial charge < -0.3 is 11.1 Å². The summed E-state index contributed by atoms with van der Waals surface area (Å²) in [5.74, 6) is 0.256. The molecule has 0 fully saturated rings. The molecule has 0 aliphatic carbocycles. The van der Waals surface area contributed by atoms with Gasteiger partial charge in [-0.2, -0.15) is 4.98 Å². The van der Waals surface area contributed by atoms with Gasteiger partial charge in [0.2, 0.25) is 5.95 Å². The molecular formula is C6H10N4O2S. The molecule has 0 saturated heterocycles. The maximum absolute atomic E-state index is 11.1. The number of nitrogens with zero attached hydrogens (tertiary/aromatic N) is 2. The molecule has 0 amide bonds. The van der Waals surface area contributed by atoms with Crippen molar-refractivity contribution in [2.75, 3.05) is 24.4 Å². The largest absolute Gasteiger partial charge is 0.382 e. The molecule has 0 bridgehead atoms. The molecule has 0 radical (unpaired) electrons. The Kier molecular flexibility index (Phi) is 2.37. The lowest BCUT2D eigenvalue weighted by Gasteiger charge is -2.03. The van der Waals surface area contributed by atoms with Gasteiger partial charge in [0.1, 0.15) is 10.7 Å². The fourth-order valence-corrected chi connectivity index (χ4v) is 1.46. The van der Waals surface area contributed by atoms with Crippen LogP contribution in [0.5, 0.6) is 0 Å². The first-order valence-corrected chi connectivity index (χ1v) is 5.34. The van der Waals surface area contributed by atoms with Crippen molar-refractivity contribution in [2.24, 2.45) is 0 Å². The van der Waals surface area contributed by atoms with E-state index in [4.69, 9.17) is 5.73 Å². The average Bonchev–Trinajstić information content (AvgIpc) is 2.01. The molecule has 6 nitrogen and oxygen atoms in total. The van der Waals surface area contributed by atoms with Crippen LogP contribution in [0.25, 0.3) is 0 Å². The molecule has 13 heavy (non-hydrogen) atoms. The van der Waals surface area contributed by atoms with E-state index in [0.29, 0.717) is 5.95 Å². The summed E-state index contributed by atoms with van der Waals surface area (Å²) in [7, 11) is -1.72.